The van der Waals surface area contributed by atoms with Crippen molar-refractivity contribution in [2.45, 2.75) is 0 Å². The van der Waals surface area contributed by atoms with Gasteiger partial charge in [-0.25, -0.2) is 13.8 Å². The molecule has 0 aliphatic rings. The first-order chi connectivity index (χ1) is 13.9. The Bertz CT molecular complexity index is 1150. The molecule has 0 fully saturated rings. The zero-order valence-electron chi connectivity index (χ0n) is 16.1. The Balaban J connectivity index is 1.79. The van der Waals surface area contributed by atoms with Crippen molar-refractivity contribution in [1.82, 2.24) is 5.43 Å². The average molecular weight is 411 g/mol. The summed E-state index contributed by atoms with van der Waals surface area (Å²) in [5.41, 5.74) is 3.55. The van der Waals surface area contributed by atoms with Crippen LogP contribution in [0.4, 0.5) is 5.69 Å². The quantitative estimate of drug-likeness (QED) is 0.478. The molecule has 0 bridgehead atoms. The third-order valence-corrected chi connectivity index (χ3v) is 5.35. The van der Waals surface area contributed by atoms with Crippen LogP contribution in [-0.2, 0) is 14.8 Å². The molecule has 7 nitrogen and oxygen atoms in total. The second-order valence-corrected chi connectivity index (χ2v) is 8.24. The molecule has 0 heterocycles. The summed E-state index contributed by atoms with van der Waals surface area (Å²) in [6, 6.07) is 19.9. The number of methoxy groups -OCH3 is 1. The van der Waals surface area contributed by atoms with E-state index in [0.29, 0.717) is 11.4 Å². The standard InChI is InChI=1S/C21H21N3O4S/c1-28-18-10-5-7-16(13-18)14-22-23-21(25)15-24(29(2,26)27)20-12-6-9-17-8-3-4-11-19(17)20/h3-14H,15H2,1-2H3,(H,23,25). The van der Waals surface area contributed by atoms with Crippen LogP contribution >= 0.6 is 0 Å². The predicted octanol–water partition coefficient (Wildman–Crippen LogP) is 2.76. The van der Waals surface area contributed by atoms with Gasteiger partial charge in [-0.2, -0.15) is 5.10 Å². The van der Waals surface area contributed by atoms with Crippen molar-refractivity contribution in [2.24, 2.45) is 5.10 Å². The van der Waals surface area contributed by atoms with Gasteiger partial charge in [0.2, 0.25) is 10.0 Å². The minimum Gasteiger partial charge on any atom is -0.497 e. The van der Waals surface area contributed by atoms with Crippen molar-refractivity contribution in [2.75, 3.05) is 24.2 Å². The number of carbonyl (C=O) groups excluding carboxylic acids is 1. The molecule has 0 spiro atoms. The van der Waals surface area contributed by atoms with Gasteiger partial charge in [-0.05, 0) is 29.1 Å². The number of rotatable bonds is 7. The molecular formula is C21H21N3O4S. The van der Waals surface area contributed by atoms with Crippen LogP contribution in [0, 0.1) is 0 Å². The molecule has 3 rings (SSSR count). The Labute approximate surface area is 169 Å². The van der Waals surface area contributed by atoms with Crippen LogP contribution in [-0.4, -0.2) is 40.4 Å². The van der Waals surface area contributed by atoms with E-state index in [9.17, 15) is 13.2 Å². The highest BCUT2D eigenvalue weighted by Gasteiger charge is 2.22. The molecule has 150 valence electrons. The van der Waals surface area contributed by atoms with E-state index in [4.69, 9.17) is 4.74 Å². The normalized spacial score (nSPS) is 11.5. The molecule has 29 heavy (non-hydrogen) atoms. The van der Waals surface area contributed by atoms with Gasteiger partial charge in [-0.15, -0.1) is 0 Å². The first kappa shape index (κ1) is 20.3. The van der Waals surface area contributed by atoms with Gasteiger partial charge >= 0.3 is 0 Å². The van der Waals surface area contributed by atoms with Crippen LogP contribution in [0.25, 0.3) is 10.8 Å². The third-order valence-electron chi connectivity index (χ3n) is 4.22. The topological polar surface area (TPSA) is 88.1 Å². The maximum absolute atomic E-state index is 12.4. The van der Waals surface area contributed by atoms with E-state index in [1.54, 1.807) is 43.5 Å². The van der Waals surface area contributed by atoms with Gasteiger partial charge in [0.05, 0.1) is 25.3 Å². The van der Waals surface area contributed by atoms with E-state index in [-0.39, 0.29) is 6.54 Å². The van der Waals surface area contributed by atoms with Crippen LogP contribution in [0.15, 0.2) is 71.8 Å². The van der Waals surface area contributed by atoms with Gasteiger partial charge in [0.15, 0.2) is 0 Å². The Morgan fingerprint density at radius 2 is 1.83 bits per heavy atom. The van der Waals surface area contributed by atoms with Gasteiger partial charge in [0.25, 0.3) is 5.91 Å². The maximum atomic E-state index is 12.4. The molecule has 0 aliphatic carbocycles. The summed E-state index contributed by atoms with van der Waals surface area (Å²) in [5.74, 6) is 0.113. The number of fused-ring (bicyclic) bond motifs is 1. The lowest BCUT2D eigenvalue weighted by Crippen LogP contribution is -2.39. The number of sulfonamides is 1. The minimum atomic E-state index is -3.69. The molecule has 1 N–H and O–H groups in total. The van der Waals surface area contributed by atoms with Gasteiger partial charge in [-0.1, -0.05) is 48.5 Å². The Kier molecular flexibility index (Phi) is 6.13. The Morgan fingerprint density at radius 3 is 2.59 bits per heavy atom. The van der Waals surface area contributed by atoms with Crippen molar-refractivity contribution in [3.63, 3.8) is 0 Å². The van der Waals surface area contributed by atoms with E-state index in [0.717, 1.165) is 26.9 Å². The lowest BCUT2D eigenvalue weighted by atomic mass is 10.1. The van der Waals surface area contributed by atoms with Gasteiger partial charge < -0.3 is 4.74 Å². The molecule has 0 aromatic heterocycles. The number of ether oxygens (including phenoxy) is 1. The monoisotopic (exact) mass is 411 g/mol. The number of hydrogen-bond acceptors (Lipinski definition) is 5. The fourth-order valence-electron chi connectivity index (χ4n) is 2.87. The molecular weight excluding hydrogens is 390 g/mol. The zero-order valence-corrected chi connectivity index (χ0v) is 16.9. The SMILES string of the molecule is COc1cccc(C=NNC(=O)CN(c2cccc3ccccc23)S(C)(=O)=O)c1. The smallest absolute Gasteiger partial charge is 0.260 e. The highest BCUT2D eigenvalue weighted by atomic mass is 32.2. The zero-order chi connectivity index (χ0) is 20.9. The molecule has 0 unspecified atom stereocenters. The summed E-state index contributed by atoms with van der Waals surface area (Å²) in [4.78, 5) is 12.4. The average Bonchev–Trinajstić information content (AvgIpc) is 2.71. The molecule has 3 aromatic carbocycles. The van der Waals surface area contributed by atoms with Crippen LogP contribution < -0.4 is 14.5 Å². The molecule has 0 atom stereocenters. The van der Waals surface area contributed by atoms with Crippen LogP contribution in [0.5, 0.6) is 5.75 Å². The summed E-state index contributed by atoms with van der Waals surface area (Å²) in [6.07, 6.45) is 2.53. The largest absolute Gasteiger partial charge is 0.497 e. The van der Waals surface area contributed by atoms with E-state index >= 15 is 0 Å². The number of hydrazone groups is 1. The number of nitrogens with one attached hydrogen (secondary N) is 1. The van der Waals surface area contributed by atoms with E-state index in [2.05, 4.69) is 10.5 Å². The fraction of sp³-hybridized carbons (Fsp3) is 0.143. The highest BCUT2D eigenvalue weighted by molar-refractivity contribution is 7.92. The first-order valence-electron chi connectivity index (χ1n) is 8.80. The fourth-order valence-corrected chi connectivity index (χ4v) is 3.74. The second kappa shape index (κ2) is 8.74. The molecule has 0 radical (unpaired) electrons. The van der Waals surface area contributed by atoms with Gasteiger partial charge in [0, 0.05) is 5.39 Å². The summed E-state index contributed by atoms with van der Waals surface area (Å²) < 4.78 is 31.0. The summed E-state index contributed by atoms with van der Waals surface area (Å²) >= 11 is 0. The summed E-state index contributed by atoms with van der Waals surface area (Å²) in [7, 11) is -2.13. The second-order valence-electron chi connectivity index (χ2n) is 6.34. The predicted molar refractivity (Wildman–Crippen MR) is 115 cm³/mol. The molecule has 1 amide bonds. The van der Waals surface area contributed by atoms with Crippen molar-refractivity contribution < 1.29 is 17.9 Å². The van der Waals surface area contributed by atoms with Crippen molar-refractivity contribution in [1.29, 1.82) is 0 Å². The van der Waals surface area contributed by atoms with E-state index < -0.39 is 15.9 Å². The van der Waals surface area contributed by atoms with Crippen LogP contribution in [0.3, 0.4) is 0 Å². The lowest BCUT2D eigenvalue weighted by molar-refractivity contribution is -0.119. The molecule has 0 saturated heterocycles. The number of carbonyl (C=O) groups is 1. The van der Waals surface area contributed by atoms with E-state index in [1.807, 2.05) is 30.3 Å². The number of amides is 1. The minimum absolute atomic E-state index is 0.387. The number of nitrogens with zero attached hydrogens (tertiary/aromatic N) is 2. The van der Waals surface area contributed by atoms with Gasteiger partial charge in [-0.3, -0.25) is 9.10 Å². The van der Waals surface area contributed by atoms with Gasteiger partial charge in [0.1, 0.15) is 12.3 Å². The first-order valence-corrected chi connectivity index (χ1v) is 10.6. The summed E-state index contributed by atoms with van der Waals surface area (Å²) in [6.45, 7) is -0.387. The van der Waals surface area contributed by atoms with E-state index in [1.165, 1.54) is 6.21 Å². The number of hydrogen-bond donors (Lipinski definition) is 1. The van der Waals surface area contributed by atoms with Crippen molar-refractivity contribution in [3.05, 3.63) is 72.3 Å². The maximum Gasteiger partial charge on any atom is 0.260 e. The molecule has 3 aromatic rings. The molecule has 0 aliphatic heterocycles. The Morgan fingerprint density at radius 1 is 1.10 bits per heavy atom. The number of benzene rings is 3. The third kappa shape index (κ3) is 5.11. The van der Waals surface area contributed by atoms with Crippen LogP contribution in [0.1, 0.15) is 5.56 Å². The summed E-state index contributed by atoms with van der Waals surface area (Å²) in [5, 5.41) is 5.53. The number of anilines is 1. The van der Waals surface area contributed by atoms with Crippen molar-refractivity contribution in [3.8, 4) is 5.75 Å². The molecule has 0 saturated carbocycles. The van der Waals surface area contributed by atoms with Crippen LogP contribution in [0.2, 0.25) is 0 Å². The lowest BCUT2D eigenvalue weighted by Gasteiger charge is -2.23. The Hall–Kier alpha value is -3.39. The van der Waals surface area contributed by atoms with Crippen molar-refractivity contribution >= 4 is 38.6 Å². The highest BCUT2D eigenvalue weighted by Crippen LogP contribution is 2.28. The molecule has 8 heteroatoms.